The lowest BCUT2D eigenvalue weighted by Gasteiger charge is -2.39. The molecule has 2 aromatic heterocycles. The number of halogens is 4. The molecule has 4 heterocycles. The van der Waals surface area contributed by atoms with Crippen LogP contribution >= 0.6 is 11.6 Å². The van der Waals surface area contributed by atoms with Crippen LogP contribution in [0, 0.1) is 12.3 Å². The number of carbonyl (C=O) groups excluding carboxylic acids is 3. The maximum Gasteiger partial charge on any atom is 0.435 e. The third kappa shape index (κ3) is 6.60. The fourth-order valence-electron chi connectivity index (χ4n) is 5.07. The molecule has 2 saturated heterocycles. The summed E-state index contributed by atoms with van der Waals surface area (Å²) in [5.74, 6) is 1.00. The number of nitrogens with zero attached hydrogens (tertiary/aromatic N) is 5. The summed E-state index contributed by atoms with van der Waals surface area (Å²) in [4.78, 5) is 45.8. The molecule has 0 aliphatic carbocycles. The topological polar surface area (TPSA) is 161 Å². The number of amides is 4. The zero-order chi connectivity index (χ0) is 32.5. The number of nitrogens with one attached hydrogen (secondary N) is 4. The summed E-state index contributed by atoms with van der Waals surface area (Å²) in [6.07, 6.45) is 1.51. The number of aliphatic hydroxyl groups is 1. The normalized spacial score (nSPS) is 16.1. The van der Waals surface area contributed by atoms with Crippen LogP contribution in [0.1, 0.15) is 32.4 Å². The minimum absolute atomic E-state index is 0.0176. The number of alkyl halides is 3. The van der Waals surface area contributed by atoms with E-state index in [4.69, 9.17) is 18.0 Å². The number of anilines is 1. The van der Waals surface area contributed by atoms with Crippen molar-refractivity contribution in [1.29, 1.82) is 0 Å². The number of H-pyrrole nitrogens is 1. The molecule has 0 saturated carbocycles. The maximum absolute atomic E-state index is 13.6. The first-order valence-electron chi connectivity index (χ1n) is 13.8. The number of benzene rings is 1. The Hall–Kier alpha value is -4.59. The molecule has 0 radical (unpaired) electrons. The summed E-state index contributed by atoms with van der Waals surface area (Å²) < 4.78 is 42.1. The van der Waals surface area contributed by atoms with Gasteiger partial charge in [-0.3, -0.25) is 14.7 Å². The standard InChI is InChI=1S/C28H29ClF3N9O4/c1-3-4-19-21(22(38-37-19)28(30,31)32)20-12-34-23(39(20)2)24(42)36-16-5-6-17(18(29)11-16)25(43)40-7-9-41(10-8-40)26(44)35-15-27(45)13-33-14-27/h1,5-6,11-12,33,45H,4,7-10,13-15H2,2H3,(H,35,44)(H,36,42)(H,37,38). The quantitative estimate of drug-likeness (QED) is 0.244. The van der Waals surface area contributed by atoms with Gasteiger partial charge in [-0.05, 0) is 18.2 Å². The van der Waals surface area contributed by atoms with Crippen molar-refractivity contribution in [3.8, 4) is 23.6 Å². The minimum atomic E-state index is -4.78. The molecule has 0 spiro atoms. The van der Waals surface area contributed by atoms with Crippen LogP contribution < -0.4 is 16.0 Å². The van der Waals surface area contributed by atoms with Crippen LogP contribution in [0.4, 0.5) is 23.7 Å². The van der Waals surface area contributed by atoms with E-state index in [0.29, 0.717) is 26.2 Å². The van der Waals surface area contributed by atoms with E-state index >= 15 is 0 Å². The fraction of sp³-hybridized carbons (Fsp3) is 0.393. The summed E-state index contributed by atoms with van der Waals surface area (Å²) in [5, 5.41) is 24.2. The van der Waals surface area contributed by atoms with E-state index in [9.17, 15) is 32.7 Å². The summed E-state index contributed by atoms with van der Waals surface area (Å²) in [5.41, 5.74) is -1.97. The number of rotatable bonds is 7. The summed E-state index contributed by atoms with van der Waals surface area (Å²) in [7, 11) is 1.39. The van der Waals surface area contributed by atoms with Gasteiger partial charge in [-0.1, -0.05) is 11.6 Å². The predicted molar refractivity (Wildman–Crippen MR) is 156 cm³/mol. The molecule has 0 unspecified atom stereocenters. The predicted octanol–water partition coefficient (Wildman–Crippen LogP) is 1.71. The number of urea groups is 1. The van der Waals surface area contributed by atoms with E-state index in [1.54, 1.807) is 9.80 Å². The lowest BCUT2D eigenvalue weighted by Crippen LogP contribution is -2.65. The molecule has 4 amide bonds. The van der Waals surface area contributed by atoms with E-state index < -0.39 is 23.4 Å². The molecule has 0 bridgehead atoms. The van der Waals surface area contributed by atoms with Crippen molar-refractivity contribution < 1.29 is 32.7 Å². The van der Waals surface area contributed by atoms with Gasteiger partial charge in [0.05, 0.1) is 46.7 Å². The zero-order valence-electron chi connectivity index (χ0n) is 24.0. The van der Waals surface area contributed by atoms with Crippen LogP contribution in [-0.4, -0.2) is 104 Å². The number of piperazine rings is 1. The molecule has 5 N–H and O–H groups in total. The molecular weight excluding hydrogens is 619 g/mol. The van der Waals surface area contributed by atoms with Crippen LogP contribution in [-0.2, 0) is 19.6 Å². The van der Waals surface area contributed by atoms with Crippen molar-refractivity contribution in [2.45, 2.75) is 18.2 Å². The highest BCUT2D eigenvalue weighted by Crippen LogP contribution is 2.38. The van der Waals surface area contributed by atoms with Gasteiger partial charge >= 0.3 is 12.2 Å². The fourth-order valence-corrected chi connectivity index (χ4v) is 5.33. The van der Waals surface area contributed by atoms with Gasteiger partial charge in [-0.15, -0.1) is 12.3 Å². The van der Waals surface area contributed by atoms with Crippen LogP contribution in [0.5, 0.6) is 0 Å². The molecule has 45 heavy (non-hydrogen) atoms. The third-order valence-electron chi connectivity index (χ3n) is 7.62. The molecule has 3 aromatic rings. The summed E-state index contributed by atoms with van der Waals surface area (Å²) >= 11 is 6.41. The van der Waals surface area contributed by atoms with Crippen LogP contribution in [0.2, 0.25) is 5.02 Å². The Kier molecular flexibility index (Phi) is 8.79. The van der Waals surface area contributed by atoms with Gasteiger partial charge < -0.3 is 35.4 Å². The second kappa shape index (κ2) is 12.4. The number of aromatic amines is 1. The van der Waals surface area contributed by atoms with Crippen molar-refractivity contribution in [3.63, 3.8) is 0 Å². The molecule has 2 fully saturated rings. The van der Waals surface area contributed by atoms with Crippen molar-refractivity contribution in [3.05, 3.63) is 52.2 Å². The van der Waals surface area contributed by atoms with Crippen LogP contribution in [0.3, 0.4) is 0 Å². The third-order valence-corrected chi connectivity index (χ3v) is 7.94. The Balaban J connectivity index is 1.22. The van der Waals surface area contributed by atoms with E-state index in [0.717, 1.165) is 6.20 Å². The maximum atomic E-state index is 13.6. The Bertz CT molecular complexity index is 1670. The molecule has 13 nitrogen and oxygen atoms in total. The van der Waals surface area contributed by atoms with Crippen molar-refractivity contribution in [1.82, 2.24) is 40.2 Å². The molecule has 238 valence electrons. The first kappa shape index (κ1) is 31.8. The molecular formula is C28H29ClF3N9O4. The number of terminal acetylenes is 1. The highest BCUT2D eigenvalue weighted by molar-refractivity contribution is 6.34. The number of carbonyl (C=O) groups is 3. The van der Waals surface area contributed by atoms with E-state index in [1.807, 2.05) is 0 Å². The largest absolute Gasteiger partial charge is 0.435 e. The zero-order valence-corrected chi connectivity index (χ0v) is 24.7. The van der Waals surface area contributed by atoms with Gasteiger partial charge in [0.1, 0.15) is 5.60 Å². The van der Waals surface area contributed by atoms with Crippen molar-refractivity contribution in [2.24, 2.45) is 7.05 Å². The van der Waals surface area contributed by atoms with Gasteiger partial charge in [0.2, 0.25) is 0 Å². The van der Waals surface area contributed by atoms with Gasteiger partial charge in [0, 0.05) is 52.0 Å². The van der Waals surface area contributed by atoms with Gasteiger partial charge in [-0.25, -0.2) is 9.78 Å². The monoisotopic (exact) mass is 647 g/mol. The van der Waals surface area contributed by atoms with Crippen molar-refractivity contribution in [2.75, 3.05) is 51.1 Å². The second-order valence-electron chi connectivity index (χ2n) is 10.7. The number of hydrogen-bond donors (Lipinski definition) is 5. The van der Waals surface area contributed by atoms with E-state index in [2.05, 4.69) is 37.1 Å². The first-order valence-corrected chi connectivity index (χ1v) is 14.1. The SMILES string of the molecule is C#CCc1[nH]nc(C(F)(F)F)c1-c1cnc(C(=O)Nc2ccc(C(=O)N3CCN(C(=O)NCC4(O)CNC4)CC3)c(Cl)c2)n1C. The summed E-state index contributed by atoms with van der Waals surface area (Å²) in [6.45, 7) is 2.08. The Labute approximate surface area is 260 Å². The molecule has 2 aliphatic heterocycles. The smallest absolute Gasteiger partial charge is 0.385 e. The molecule has 0 atom stereocenters. The first-order chi connectivity index (χ1) is 21.3. The molecule has 17 heteroatoms. The van der Waals surface area contributed by atoms with E-state index in [1.165, 1.54) is 29.8 Å². The van der Waals surface area contributed by atoms with Crippen molar-refractivity contribution >= 4 is 35.1 Å². The molecule has 5 rings (SSSR count). The van der Waals surface area contributed by atoms with Gasteiger partial charge in [-0.2, -0.15) is 18.3 Å². The Morgan fingerprint density at radius 2 is 1.87 bits per heavy atom. The Morgan fingerprint density at radius 1 is 1.18 bits per heavy atom. The van der Waals surface area contributed by atoms with Crippen LogP contribution in [0.15, 0.2) is 24.4 Å². The molecule has 2 aliphatic rings. The summed E-state index contributed by atoms with van der Waals surface area (Å²) in [6, 6.07) is 3.97. The van der Waals surface area contributed by atoms with E-state index in [-0.39, 0.29) is 77.0 Å². The average molecular weight is 648 g/mol. The lowest BCUT2D eigenvalue weighted by atomic mass is 9.98. The van der Waals surface area contributed by atoms with Gasteiger partial charge in [0.15, 0.2) is 11.5 Å². The number of β-amino-alcohol motifs (C(OH)–C–C–N with tert-alkyl or cyclic N) is 1. The molecule has 1 aromatic carbocycles. The van der Waals surface area contributed by atoms with Crippen LogP contribution in [0.25, 0.3) is 11.3 Å². The second-order valence-corrected chi connectivity index (χ2v) is 11.2. The highest BCUT2D eigenvalue weighted by Gasteiger charge is 2.39. The average Bonchev–Trinajstić information content (AvgIpc) is 3.58. The highest BCUT2D eigenvalue weighted by atomic mass is 35.5. The number of hydrogen-bond acceptors (Lipinski definition) is 7. The minimum Gasteiger partial charge on any atom is -0.385 e. The lowest BCUT2D eigenvalue weighted by molar-refractivity contribution is -0.140. The Morgan fingerprint density at radius 3 is 2.47 bits per heavy atom. The number of imidazole rings is 1. The van der Waals surface area contributed by atoms with Gasteiger partial charge in [0.25, 0.3) is 11.8 Å². The number of aromatic nitrogens is 4.